The summed E-state index contributed by atoms with van der Waals surface area (Å²) < 4.78 is 34.1. The molecule has 0 radical (unpaired) electrons. The van der Waals surface area contributed by atoms with Gasteiger partial charge in [-0.25, -0.2) is 13.2 Å². The van der Waals surface area contributed by atoms with Gasteiger partial charge in [-0.05, 0) is 36.8 Å². The molecular weight excluding hydrogens is 394 g/mol. The lowest BCUT2D eigenvalue weighted by Gasteiger charge is -2.34. The second-order valence-corrected chi connectivity index (χ2v) is 9.99. The normalized spacial score (nSPS) is 20.8. The Labute approximate surface area is 170 Å². The summed E-state index contributed by atoms with van der Waals surface area (Å²) in [4.78, 5) is 24.4. The van der Waals surface area contributed by atoms with E-state index < -0.39 is 15.8 Å². The van der Waals surface area contributed by atoms with Crippen LogP contribution in [0.3, 0.4) is 0 Å². The average Bonchev–Trinajstić information content (AvgIpc) is 2.95. The molecule has 1 aliphatic heterocycles. The lowest BCUT2D eigenvalue weighted by atomic mass is 9.94. The van der Waals surface area contributed by atoms with Crippen molar-refractivity contribution in [3.05, 3.63) is 28.7 Å². The topological polar surface area (TPSA) is 102 Å². The highest BCUT2D eigenvalue weighted by Crippen LogP contribution is 2.28. The fourth-order valence-corrected chi connectivity index (χ4v) is 5.61. The lowest BCUT2D eigenvalue weighted by molar-refractivity contribution is -0.121. The molecule has 3 rings (SSSR count). The summed E-state index contributed by atoms with van der Waals surface area (Å²) in [5.74, 6) is -0.373. The minimum Gasteiger partial charge on any atom is -0.408 e. The molecule has 8 nitrogen and oxygen atoms in total. The maximum Gasteiger partial charge on any atom is 0.420 e. The van der Waals surface area contributed by atoms with Crippen LogP contribution < -0.4 is 11.1 Å². The van der Waals surface area contributed by atoms with Crippen LogP contribution in [0, 0.1) is 11.8 Å². The first-order chi connectivity index (χ1) is 13.7. The van der Waals surface area contributed by atoms with E-state index in [-0.39, 0.29) is 22.9 Å². The molecule has 1 amide bonds. The van der Waals surface area contributed by atoms with Gasteiger partial charge in [0.1, 0.15) is 6.54 Å². The summed E-state index contributed by atoms with van der Waals surface area (Å²) in [5, 5.41) is 2.76. The standard InChI is InChI=1S/C20H29N3O5S/c1-4-5-8-21-19(24)13-23-17-7-6-16(10-18(17)28-20(23)25)29(26,27)22-11-14(2)9-15(3)12-22/h6-7,10,14-15H,4-5,8-9,11-13H2,1-3H3,(H,21,24)/t14-,15-/m0/s1. The van der Waals surface area contributed by atoms with Gasteiger partial charge in [-0.1, -0.05) is 27.2 Å². The van der Waals surface area contributed by atoms with Crippen LogP contribution in [-0.4, -0.2) is 42.8 Å². The van der Waals surface area contributed by atoms with Crippen molar-refractivity contribution in [3.63, 3.8) is 0 Å². The predicted octanol–water partition coefficient (Wildman–Crippen LogP) is 2.18. The van der Waals surface area contributed by atoms with Gasteiger partial charge in [0, 0.05) is 25.7 Å². The number of oxazole rings is 1. The number of sulfonamides is 1. The van der Waals surface area contributed by atoms with Crippen LogP contribution in [0.15, 0.2) is 32.3 Å². The molecule has 29 heavy (non-hydrogen) atoms. The van der Waals surface area contributed by atoms with Crippen LogP contribution in [0.2, 0.25) is 0 Å². The van der Waals surface area contributed by atoms with Gasteiger partial charge in [-0.2, -0.15) is 4.31 Å². The van der Waals surface area contributed by atoms with Crippen molar-refractivity contribution in [1.82, 2.24) is 14.2 Å². The Morgan fingerprint density at radius 3 is 2.59 bits per heavy atom. The fraction of sp³-hybridized carbons (Fsp3) is 0.600. The molecule has 1 aliphatic rings. The number of aromatic nitrogens is 1. The maximum atomic E-state index is 13.1. The molecule has 0 bridgehead atoms. The van der Waals surface area contributed by atoms with Gasteiger partial charge in [-0.15, -0.1) is 0 Å². The number of nitrogens with zero attached hydrogens (tertiary/aromatic N) is 2. The van der Waals surface area contributed by atoms with E-state index in [0.717, 1.165) is 19.3 Å². The summed E-state index contributed by atoms with van der Waals surface area (Å²) in [6.45, 7) is 7.47. The van der Waals surface area contributed by atoms with Crippen LogP contribution in [-0.2, 0) is 21.4 Å². The van der Waals surface area contributed by atoms with Gasteiger partial charge in [0.05, 0.1) is 10.4 Å². The molecule has 2 heterocycles. The summed E-state index contributed by atoms with van der Waals surface area (Å²) in [5.41, 5.74) is 0.565. The second-order valence-electron chi connectivity index (χ2n) is 8.06. The zero-order valence-corrected chi connectivity index (χ0v) is 18.0. The van der Waals surface area contributed by atoms with Gasteiger partial charge >= 0.3 is 5.76 Å². The molecule has 1 fully saturated rings. The van der Waals surface area contributed by atoms with Crippen molar-refractivity contribution in [1.29, 1.82) is 0 Å². The summed E-state index contributed by atoms with van der Waals surface area (Å²) in [6, 6.07) is 4.38. The molecule has 1 aromatic heterocycles. The van der Waals surface area contributed by atoms with Crippen molar-refractivity contribution in [2.45, 2.75) is 51.5 Å². The molecule has 0 unspecified atom stereocenters. The Hall–Kier alpha value is -2.13. The number of rotatable bonds is 7. The summed E-state index contributed by atoms with van der Waals surface area (Å²) in [7, 11) is -3.68. The van der Waals surface area contributed by atoms with Crippen LogP contribution in [0.5, 0.6) is 0 Å². The van der Waals surface area contributed by atoms with E-state index >= 15 is 0 Å². The van der Waals surface area contributed by atoms with Gasteiger partial charge in [-0.3, -0.25) is 9.36 Å². The third-order valence-corrected chi connectivity index (χ3v) is 7.09. The molecule has 1 aromatic carbocycles. The molecule has 0 spiro atoms. The van der Waals surface area contributed by atoms with Gasteiger partial charge in [0.15, 0.2) is 5.58 Å². The van der Waals surface area contributed by atoms with Gasteiger partial charge < -0.3 is 9.73 Å². The molecule has 0 aliphatic carbocycles. The smallest absolute Gasteiger partial charge is 0.408 e. The monoisotopic (exact) mass is 423 g/mol. The zero-order chi connectivity index (χ0) is 21.2. The third-order valence-electron chi connectivity index (χ3n) is 5.27. The van der Waals surface area contributed by atoms with Crippen LogP contribution >= 0.6 is 0 Å². The molecular formula is C20H29N3O5S. The van der Waals surface area contributed by atoms with Crippen LogP contribution in [0.4, 0.5) is 0 Å². The van der Waals surface area contributed by atoms with Crippen molar-refractivity contribution in [3.8, 4) is 0 Å². The summed E-state index contributed by atoms with van der Waals surface area (Å²) >= 11 is 0. The van der Waals surface area contributed by atoms with Crippen molar-refractivity contribution in [2.75, 3.05) is 19.6 Å². The highest BCUT2D eigenvalue weighted by molar-refractivity contribution is 7.89. The Bertz CT molecular complexity index is 1030. The Kier molecular flexibility index (Phi) is 6.48. The number of hydrogen-bond acceptors (Lipinski definition) is 5. The average molecular weight is 424 g/mol. The number of amides is 1. The molecule has 0 saturated carbocycles. The lowest BCUT2D eigenvalue weighted by Crippen LogP contribution is -2.42. The number of carbonyl (C=O) groups is 1. The zero-order valence-electron chi connectivity index (χ0n) is 17.2. The third kappa shape index (κ3) is 4.72. The molecule has 1 saturated heterocycles. The molecule has 2 atom stereocenters. The van der Waals surface area contributed by atoms with E-state index in [0.29, 0.717) is 37.0 Å². The van der Waals surface area contributed by atoms with Crippen molar-refractivity contribution < 1.29 is 17.6 Å². The van der Waals surface area contributed by atoms with E-state index in [1.807, 2.05) is 20.8 Å². The number of piperidine rings is 1. The number of fused-ring (bicyclic) bond motifs is 1. The molecule has 1 N–H and O–H groups in total. The first-order valence-corrected chi connectivity index (χ1v) is 11.6. The SMILES string of the molecule is CCCCNC(=O)Cn1c(=O)oc2cc(S(=O)(=O)N3C[C@@H](C)C[C@H](C)C3)ccc21. The van der Waals surface area contributed by atoms with E-state index in [4.69, 9.17) is 4.42 Å². The molecule has 160 valence electrons. The number of carbonyl (C=O) groups excluding carboxylic acids is 1. The number of benzene rings is 1. The van der Waals surface area contributed by atoms with Crippen molar-refractivity contribution >= 4 is 27.0 Å². The highest BCUT2D eigenvalue weighted by atomic mass is 32.2. The second kappa shape index (κ2) is 8.71. The Morgan fingerprint density at radius 2 is 1.93 bits per heavy atom. The summed E-state index contributed by atoms with van der Waals surface area (Å²) in [6.07, 6.45) is 2.82. The van der Waals surface area contributed by atoms with Crippen LogP contribution in [0.1, 0.15) is 40.0 Å². The van der Waals surface area contributed by atoms with E-state index in [1.54, 1.807) is 0 Å². The minimum atomic E-state index is -3.68. The number of nitrogens with one attached hydrogen (secondary N) is 1. The first-order valence-electron chi connectivity index (χ1n) is 10.1. The Morgan fingerprint density at radius 1 is 1.24 bits per heavy atom. The van der Waals surface area contributed by atoms with E-state index in [1.165, 1.54) is 27.1 Å². The Balaban J connectivity index is 1.86. The molecule has 9 heteroatoms. The quantitative estimate of drug-likeness (QED) is 0.688. The van der Waals surface area contributed by atoms with Gasteiger partial charge in [0.25, 0.3) is 0 Å². The predicted molar refractivity (Wildman–Crippen MR) is 110 cm³/mol. The van der Waals surface area contributed by atoms with E-state index in [9.17, 15) is 18.0 Å². The minimum absolute atomic E-state index is 0.0968. The maximum absolute atomic E-state index is 13.1. The van der Waals surface area contributed by atoms with Crippen LogP contribution in [0.25, 0.3) is 11.1 Å². The fourth-order valence-electron chi connectivity index (χ4n) is 3.91. The van der Waals surface area contributed by atoms with E-state index in [2.05, 4.69) is 5.32 Å². The van der Waals surface area contributed by atoms with Gasteiger partial charge in [0.2, 0.25) is 15.9 Å². The largest absolute Gasteiger partial charge is 0.420 e. The first kappa shape index (κ1) is 21.6. The van der Waals surface area contributed by atoms with Crippen molar-refractivity contribution in [2.24, 2.45) is 11.8 Å². The highest BCUT2D eigenvalue weighted by Gasteiger charge is 2.32. The molecule has 2 aromatic rings. The number of unbranched alkanes of at least 4 members (excludes halogenated alkanes) is 1. The number of hydrogen-bond donors (Lipinski definition) is 1.